The molecule has 0 radical (unpaired) electrons. The molecule has 0 aliphatic rings. The fourth-order valence-corrected chi connectivity index (χ4v) is 2.27. The molecule has 0 bridgehead atoms. The summed E-state index contributed by atoms with van der Waals surface area (Å²) in [5, 5.41) is 3.37. The van der Waals surface area contributed by atoms with Crippen LogP contribution in [0.4, 0.5) is 20.9 Å². The number of benzene rings is 1. The van der Waals surface area contributed by atoms with E-state index in [1.54, 1.807) is 13.1 Å². The van der Waals surface area contributed by atoms with Crippen molar-refractivity contribution in [2.45, 2.75) is 13.8 Å². The fraction of sp³-hybridized carbons (Fsp3) is 0.231. The molecule has 106 valence electrons. The number of halogens is 1. The molecule has 1 aromatic carbocycles. The van der Waals surface area contributed by atoms with E-state index < -0.39 is 11.8 Å². The number of aromatic nitrogens is 1. The largest absolute Gasteiger partial charge is 0.462 e. The second kappa shape index (κ2) is 5.87. The van der Waals surface area contributed by atoms with Gasteiger partial charge in [0.2, 0.25) is 0 Å². The number of rotatable bonds is 4. The summed E-state index contributed by atoms with van der Waals surface area (Å²) in [6.07, 6.45) is 1.68. The molecule has 1 aromatic heterocycles. The molecular weight excluding hydrogens is 281 g/mol. The van der Waals surface area contributed by atoms with Gasteiger partial charge in [0.05, 0.1) is 17.9 Å². The Kier molecular flexibility index (Phi) is 4.19. The smallest absolute Gasteiger partial charge is 0.340 e. The second-order valence-electron chi connectivity index (χ2n) is 4.04. The van der Waals surface area contributed by atoms with Gasteiger partial charge in [0.15, 0.2) is 5.13 Å². The molecule has 7 heteroatoms. The first-order valence-electron chi connectivity index (χ1n) is 5.97. The average Bonchev–Trinajstić information content (AvgIpc) is 2.78. The number of nitrogens with zero attached hydrogens (tertiary/aromatic N) is 1. The molecule has 5 nitrogen and oxygen atoms in total. The van der Waals surface area contributed by atoms with Crippen molar-refractivity contribution in [2.75, 3.05) is 17.7 Å². The highest BCUT2D eigenvalue weighted by atomic mass is 32.1. The third-order valence-electron chi connectivity index (χ3n) is 2.50. The van der Waals surface area contributed by atoms with Crippen molar-refractivity contribution in [1.82, 2.24) is 4.98 Å². The van der Waals surface area contributed by atoms with E-state index in [0.29, 0.717) is 5.13 Å². The van der Waals surface area contributed by atoms with Crippen LogP contribution in [0.5, 0.6) is 0 Å². The van der Waals surface area contributed by atoms with Crippen molar-refractivity contribution in [3.05, 3.63) is 34.6 Å². The molecule has 0 saturated heterocycles. The Hall–Kier alpha value is -2.15. The maximum absolute atomic E-state index is 13.9. The van der Waals surface area contributed by atoms with E-state index in [9.17, 15) is 9.18 Å². The van der Waals surface area contributed by atoms with Crippen LogP contribution >= 0.6 is 11.3 Å². The molecule has 0 atom stereocenters. The molecule has 0 unspecified atom stereocenters. The van der Waals surface area contributed by atoms with Crippen molar-refractivity contribution < 1.29 is 13.9 Å². The molecular formula is C13H14FN3O2S. The number of hydrogen-bond acceptors (Lipinski definition) is 6. The third-order valence-corrected chi connectivity index (χ3v) is 3.33. The summed E-state index contributed by atoms with van der Waals surface area (Å²) in [7, 11) is 0. The van der Waals surface area contributed by atoms with Gasteiger partial charge in [-0.25, -0.2) is 14.2 Å². The highest BCUT2D eigenvalue weighted by Gasteiger charge is 2.16. The minimum Gasteiger partial charge on any atom is -0.462 e. The monoisotopic (exact) mass is 295 g/mol. The summed E-state index contributed by atoms with van der Waals surface area (Å²) >= 11 is 1.38. The Morgan fingerprint density at radius 2 is 2.30 bits per heavy atom. The Morgan fingerprint density at radius 3 is 2.90 bits per heavy atom. The Morgan fingerprint density at radius 1 is 1.55 bits per heavy atom. The predicted molar refractivity (Wildman–Crippen MR) is 76.9 cm³/mol. The van der Waals surface area contributed by atoms with Crippen molar-refractivity contribution in [3.8, 4) is 0 Å². The van der Waals surface area contributed by atoms with E-state index in [1.807, 2.05) is 6.92 Å². The number of aryl methyl sites for hydroxylation is 1. The SMILES string of the molecule is CCOC(=O)c1cc(Nc2ncc(C)s2)c(F)cc1N. The number of thiazole rings is 1. The van der Waals surface area contributed by atoms with Gasteiger partial charge in [-0.1, -0.05) is 0 Å². The highest BCUT2D eigenvalue weighted by molar-refractivity contribution is 7.15. The van der Waals surface area contributed by atoms with Gasteiger partial charge in [0.1, 0.15) is 5.82 Å². The highest BCUT2D eigenvalue weighted by Crippen LogP contribution is 2.27. The van der Waals surface area contributed by atoms with Crippen LogP contribution in [-0.4, -0.2) is 17.6 Å². The van der Waals surface area contributed by atoms with Gasteiger partial charge in [-0.3, -0.25) is 0 Å². The zero-order chi connectivity index (χ0) is 14.7. The molecule has 0 aliphatic carbocycles. The van der Waals surface area contributed by atoms with E-state index in [0.717, 1.165) is 10.9 Å². The molecule has 2 aromatic rings. The fourth-order valence-electron chi connectivity index (χ4n) is 1.60. The van der Waals surface area contributed by atoms with E-state index >= 15 is 0 Å². The quantitative estimate of drug-likeness (QED) is 0.669. The number of carbonyl (C=O) groups is 1. The van der Waals surface area contributed by atoms with E-state index in [1.165, 1.54) is 17.4 Å². The lowest BCUT2D eigenvalue weighted by Gasteiger charge is -2.10. The number of carbonyl (C=O) groups excluding carboxylic acids is 1. The minimum atomic E-state index is -0.580. The number of esters is 1. The van der Waals surface area contributed by atoms with Crippen LogP contribution in [0.3, 0.4) is 0 Å². The van der Waals surface area contributed by atoms with Crippen LogP contribution in [0.15, 0.2) is 18.3 Å². The van der Waals surface area contributed by atoms with Gasteiger partial charge in [-0.05, 0) is 26.0 Å². The molecule has 0 spiro atoms. The maximum atomic E-state index is 13.9. The normalized spacial score (nSPS) is 10.3. The summed E-state index contributed by atoms with van der Waals surface area (Å²) in [6.45, 7) is 3.81. The summed E-state index contributed by atoms with van der Waals surface area (Å²) in [4.78, 5) is 16.8. The molecule has 3 N–H and O–H groups in total. The molecule has 1 heterocycles. The van der Waals surface area contributed by atoms with Gasteiger partial charge >= 0.3 is 5.97 Å². The summed E-state index contributed by atoms with van der Waals surface area (Å²) < 4.78 is 18.7. The van der Waals surface area contributed by atoms with Crippen molar-refractivity contribution in [2.24, 2.45) is 0 Å². The summed E-state index contributed by atoms with van der Waals surface area (Å²) in [5.74, 6) is -1.13. The minimum absolute atomic E-state index is 0.0434. The van der Waals surface area contributed by atoms with Crippen molar-refractivity contribution >= 4 is 33.8 Å². The number of hydrogen-bond donors (Lipinski definition) is 2. The molecule has 0 saturated carbocycles. The lowest BCUT2D eigenvalue weighted by Crippen LogP contribution is -2.09. The van der Waals surface area contributed by atoms with Crippen LogP contribution in [0.25, 0.3) is 0 Å². The van der Waals surface area contributed by atoms with Gasteiger partial charge < -0.3 is 15.8 Å². The van der Waals surface area contributed by atoms with Crippen LogP contribution in [-0.2, 0) is 4.74 Å². The molecule has 20 heavy (non-hydrogen) atoms. The van der Waals surface area contributed by atoms with E-state index in [2.05, 4.69) is 10.3 Å². The lowest BCUT2D eigenvalue weighted by molar-refractivity contribution is 0.0527. The zero-order valence-corrected chi connectivity index (χ0v) is 11.9. The predicted octanol–water partition coefficient (Wildman–Crippen LogP) is 3.09. The number of nitrogens with two attached hydrogens (primary N) is 1. The summed E-state index contributed by atoms with van der Waals surface area (Å²) in [5.41, 5.74) is 5.95. The van der Waals surface area contributed by atoms with E-state index in [-0.39, 0.29) is 23.5 Å². The first-order chi connectivity index (χ1) is 9.51. The number of anilines is 3. The Labute approximate surface area is 119 Å². The van der Waals surface area contributed by atoms with Gasteiger partial charge in [0.25, 0.3) is 0 Å². The molecule has 0 aliphatic heterocycles. The zero-order valence-electron chi connectivity index (χ0n) is 11.1. The summed E-state index contributed by atoms with van der Waals surface area (Å²) in [6, 6.07) is 2.43. The van der Waals surface area contributed by atoms with Crippen LogP contribution in [0.2, 0.25) is 0 Å². The van der Waals surface area contributed by atoms with E-state index in [4.69, 9.17) is 10.5 Å². The molecule has 2 rings (SSSR count). The first kappa shape index (κ1) is 14.3. The number of nitrogens with one attached hydrogen (secondary N) is 1. The second-order valence-corrected chi connectivity index (χ2v) is 5.28. The first-order valence-corrected chi connectivity index (χ1v) is 6.78. The van der Waals surface area contributed by atoms with Gasteiger partial charge in [0, 0.05) is 16.8 Å². The van der Waals surface area contributed by atoms with Gasteiger partial charge in [-0.15, -0.1) is 11.3 Å². The van der Waals surface area contributed by atoms with Crippen molar-refractivity contribution in [1.29, 1.82) is 0 Å². The lowest BCUT2D eigenvalue weighted by atomic mass is 10.1. The van der Waals surface area contributed by atoms with Crippen LogP contribution < -0.4 is 11.1 Å². The number of nitrogen functional groups attached to an aromatic ring is 1. The Bertz CT molecular complexity index is 643. The molecule has 0 amide bonds. The Balaban J connectivity index is 2.33. The topological polar surface area (TPSA) is 77.2 Å². The van der Waals surface area contributed by atoms with Crippen molar-refractivity contribution in [3.63, 3.8) is 0 Å². The third kappa shape index (κ3) is 3.05. The molecule has 0 fully saturated rings. The van der Waals surface area contributed by atoms with Crippen LogP contribution in [0.1, 0.15) is 22.2 Å². The average molecular weight is 295 g/mol. The number of ether oxygens (including phenoxy) is 1. The van der Waals surface area contributed by atoms with Gasteiger partial charge in [-0.2, -0.15) is 0 Å². The standard InChI is InChI=1S/C13H14FN3O2S/c1-3-19-12(18)8-4-11(9(14)5-10(8)15)17-13-16-6-7(2)20-13/h4-6H,3,15H2,1-2H3,(H,16,17). The maximum Gasteiger partial charge on any atom is 0.340 e. The van der Waals surface area contributed by atoms with Crippen LogP contribution in [0, 0.1) is 12.7 Å².